The Morgan fingerprint density at radius 3 is 2.94 bits per heavy atom. The molecule has 0 aliphatic carbocycles. The van der Waals surface area contributed by atoms with E-state index in [9.17, 15) is 4.79 Å². The third-order valence-corrected chi connectivity index (χ3v) is 3.60. The lowest BCUT2D eigenvalue weighted by molar-refractivity contribution is 0.0780. The number of carbonyl (C=O) groups is 1. The fourth-order valence-corrected chi connectivity index (χ4v) is 2.73. The van der Waals surface area contributed by atoms with Gasteiger partial charge in [-0.1, -0.05) is 36.7 Å². The molecule has 0 saturated carbocycles. The molecule has 0 N–H and O–H groups in total. The lowest BCUT2D eigenvalue weighted by Gasteiger charge is -2.13. The van der Waals surface area contributed by atoms with E-state index in [1.54, 1.807) is 0 Å². The molecule has 2 aromatic rings. The molecule has 0 bridgehead atoms. The number of benzene rings is 1. The van der Waals surface area contributed by atoms with Crippen LogP contribution in [0.2, 0.25) is 5.15 Å². The fourth-order valence-electron chi connectivity index (χ4n) is 2.48. The van der Waals surface area contributed by atoms with Gasteiger partial charge in [-0.15, -0.1) is 0 Å². The SMILES string of the molecule is CCCN1Cc2c(Cl)nc3ccccc3c2C1=O. The van der Waals surface area contributed by atoms with Crippen LogP contribution in [0.1, 0.15) is 29.3 Å². The van der Waals surface area contributed by atoms with Crippen LogP contribution in [0.5, 0.6) is 0 Å². The van der Waals surface area contributed by atoms with Gasteiger partial charge >= 0.3 is 0 Å². The number of carbonyl (C=O) groups excluding carboxylic acids is 1. The normalized spacial score (nSPS) is 14.3. The van der Waals surface area contributed by atoms with Crippen LogP contribution < -0.4 is 0 Å². The van der Waals surface area contributed by atoms with E-state index < -0.39 is 0 Å². The Hall–Kier alpha value is -1.61. The molecule has 1 aliphatic rings. The van der Waals surface area contributed by atoms with Crippen LogP contribution in [0.3, 0.4) is 0 Å². The molecule has 4 heteroatoms. The maximum atomic E-state index is 12.4. The Morgan fingerprint density at radius 2 is 2.17 bits per heavy atom. The topological polar surface area (TPSA) is 33.2 Å². The quantitative estimate of drug-likeness (QED) is 0.777. The number of hydrogen-bond donors (Lipinski definition) is 0. The number of fused-ring (bicyclic) bond motifs is 3. The van der Waals surface area contributed by atoms with Crippen molar-refractivity contribution in [3.05, 3.63) is 40.5 Å². The first-order valence-corrected chi connectivity index (χ1v) is 6.46. The standard InChI is InChI=1S/C14H13ClN2O/c1-2-7-17-8-10-12(14(17)18)9-5-3-4-6-11(9)16-13(10)15/h3-6H,2,7-8H2,1H3. The molecular formula is C14H13ClN2O. The second-order valence-corrected chi connectivity index (χ2v) is 4.86. The Kier molecular flexibility index (Phi) is 2.71. The Morgan fingerprint density at radius 1 is 1.39 bits per heavy atom. The number of nitrogens with zero attached hydrogens (tertiary/aromatic N) is 2. The summed E-state index contributed by atoms with van der Waals surface area (Å²) in [4.78, 5) is 18.6. The third-order valence-electron chi connectivity index (χ3n) is 3.29. The van der Waals surface area contributed by atoms with Gasteiger partial charge in [-0.2, -0.15) is 0 Å². The second kappa shape index (κ2) is 4.25. The van der Waals surface area contributed by atoms with E-state index in [-0.39, 0.29) is 5.91 Å². The number of para-hydroxylation sites is 1. The summed E-state index contributed by atoms with van der Waals surface area (Å²) in [7, 11) is 0. The molecule has 0 radical (unpaired) electrons. The monoisotopic (exact) mass is 260 g/mol. The average molecular weight is 261 g/mol. The van der Waals surface area contributed by atoms with Gasteiger partial charge < -0.3 is 4.90 Å². The Bertz CT molecular complexity index is 639. The Labute approximate surface area is 110 Å². The van der Waals surface area contributed by atoms with Crippen LogP contribution in [0.15, 0.2) is 24.3 Å². The molecule has 0 unspecified atom stereocenters. The highest BCUT2D eigenvalue weighted by Gasteiger charge is 2.31. The highest BCUT2D eigenvalue weighted by Crippen LogP contribution is 2.33. The van der Waals surface area contributed by atoms with Crippen molar-refractivity contribution in [1.82, 2.24) is 9.88 Å². The maximum Gasteiger partial charge on any atom is 0.255 e. The zero-order chi connectivity index (χ0) is 12.7. The summed E-state index contributed by atoms with van der Waals surface area (Å²) >= 11 is 6.19. The summed E-state index contributed by atoms with van der Waals surface area (Å²) in [6.07, 6.45) is 0.947. The van der Waals surface area contributed by atoms with E-state index in [4.69, 9.17) is 11.6 Å². The minimum atomic E-state index is 0.0763. The average Bonchev–Trinajstić information content (AvgIpc) is 2.69. The van der Waals surface area contributed by atoms with Crippen LogP contribution >= 0.6 is 11.6 Å². The molecule has 18 heavy (non-hydrogen) atoms. The molecule has 1 aliphatic heterocycles. The van der Waals surface area contributed by atoms with Gasteiger partial charge in [0, 0.05) is 24.0 Å². The van der Waals surface area contributed by atoms with E-state index >= 15 is 0 Å². The Balaban J connectivity index is 2.24. The predicted octanol–water partition coefficient (Wildman–Crippen LogP) is 3.25. The van der Waals surface area contributed by atoms with Gasteiger partial charge in [-0.05, 0) is 12.5 Å². The molecule has 92 valence electrons. The third kappa shape index (κ3) is 1.58. The number of amides is 1. The van der Waals surface area contributed by atoms with E-state index in [1.807, 2.05) is 29.2 Å². The minimum Gasteiger partial charge on any atom is -0.334 e. The van der Waals surface area contributed by atoms with Crippen molar-refractivity contribution in [3.8, 4) is 0 Å². The minimum absolute atomic E-state index is 0.0763. The first kappa shape index (κ1) is 11.5. The molecule has 0 atom stereocenters. The zero-order valence-corrected chi connectivity index (χ0v) is 10.9. The number of hydrogen-bond acceptors (Lipinski definition) is 2. The molecule has 2 heterocycles. The largest absolute Gasteiger partial charge is 0.334 e. The smallest absolute Gasteiger partial charge is 0.255 e. The summed E-state index contributed by atoms with van der Waals surface area (Å²) in [5.74, 6) is 0.0763. The number of pyridine rings is 1. The van der Waals surface area contributed by atoms with Crippen molar-refractivity contribution >= 4 is 28.4 Å². The van der Waals surface area contributed by atoms with Crippen molar-refractivity contribution in [2.24, 2.45) is 0 Å². The van der Waals surface area contributed by atoms with Crippen LogP contribution in [0.25, 0.3) is 10.9 Å². The summed E-state index contributed by atoms with van der Waals surface area (Å²) in [6, 6.07) is 7.65. The van der Waals surface area contributed by atoms with E-state index in [2.05, 4.69) is 11.9 Å². The summed E-state index contributed by atoms with van der Waals surface area (Å²) in [5.41, 5.74) is 2.39. The van der Waals surface area contributed by atoms with Gasteiger partial charge in [-0.25, -0.2) is 4.98 Å². The molecule has 3 rings (SSSR count). The number of halogens is 1. The zero-order valence-electron chi connectivity index (χ0n) is 10.1. The van der Waals surface area contributed by atoms with E-state index in [1.165, 1.54) is 0 Å². The van der Waals surface area contributed by atoms with Gasteiger partial charge in [0.1, 0.15) is 5.15 Å². The maximum absolute atomic E-state index is 12.4. The van der Waals surface area contributed by atoms with Gasteiger partial charge in [0.15, 0.2) is 0 Å². The van der Waals surface area contributed by atoms with Crippen molar-refractivity contribution < 1.29 is 4.79 Å². The van der Waals surface area contributed by atoms with Gasteiger partial charge in [0.05, 0.1) is 11.1 Å². The summed E-state index contributed by atoms with van der Waals surface area (Å²) in [6.45, 7) is 3.41. The van der Waals surface area contributed by atoms with Crippen molar-refractivity contribution in [2.45, 2.75) is 19.9 Å². The molecule has 1 aromatic heterocycles. The first-order valence-electron chi connectivity index (χ1n) is 6.08. The summed E-state index contributed by atoms with van der Waals surface area (Å²) < 4.78 is 0. The van der Waals surface area contributed by atoms with Crippen LogP contribution in [0, 0.1) is 0 Å². The molecule has 1 aromatic carbocycles. The lowest BCUT2D eigenvalue weighted by Crippen LogP contribution is -2.24. The molecular weight excluding hydrogens is 248 g/mol. The second-order valence-electron chi connectivity index (χ2n) is 4.50. The first-order chi connectivity index (χ1) is 8.72. The van der Waals surface area contributed by atoms with Crippen LogP contribution in [0.4, 0.5) is 0 Å². The van der Waals surface area contributed by atoms with E-state index in [0.717, 1.165) is 35.0 Å². The highest BCUT2D eigenvalue weighted by molar-refractivity contribution is 6.32. The number of rotatable bonds is 2. The van der Waals surface area contributed by atoms with Crippen molar-refractivity contribution in [3.63, 3.8) is 0 Å². The fraction of sp³-hybridized carbons (Fsp3) is 0.286. The molecule has 0 saturated heterocycles. The van der Waals surface area contributed by atoms with Crippen molar-refractivity contribution in [1.29, 1.82) is 0 Å². The molecule has 3 nitrogen and oxygen atoms in total. The van der Waals surface area contributed by atoms with E-state index in [0.29, 0.717) is 11.7 Å². The number of aromatic nitrogens is 1. The summed E-state index contributed by atoms with van der Waals surface area (Å²) in [5, 5.41) is 1.36. The van der Waals surface area contributed by atoms with Gasteiger partial charge in [0.25, 0.3) is 5.91 Å². The predicted molar refractivity (Wildman–Crippen MR) is 71.8 cm³/mol. The van der Waals surface area contributed by atoms with Crippen LogP contribution in [-0.4, -0.2) is 22.3 Å². The molecule has 1 amide bonds. The molecule has 0 spiro atoms. The lowest BCUT2D eigenvalue weighted by atomic mass is 10.1. The van der Waals surface area contributed by atoms with Gasteiger partial charge in [0.2, 0.25) is 0 Å². The van der Waals surface area contributed by atoms with Crippen LogP contribution in [-0.2, 0) is 6.54 Å². The van der Waals surface area contributed by atoms with Crippen molar-refractivity contribution in [2.75, 3.05) is 6.54 Å². The van der Waals surface area contributed by atoms with Gasteiger partial charge in [-0.3, -0.25) is 4.79 Å². The molecule has 0 fully saturated rings. The highest BCUT2D eigenvalue weighted by atomic mass is 35.5.